The number of rotatable bonds is 6. The summed E-state index contributed by atoms with van der Waals surface area (Å²) in [5, 5.41) is 33.8. The quantitative estimate of drug-likeness (QED) is 0.183. The lowest BCUT2D eigenvalue weighted by molar-refractivity contribution is 0.477. The van der Waals surface area contributed by atoms with Crippen LogP contribution in [0.25, 0.3) is 0 Å². The van der Waals surface area contributed by atoms with Gasteiger partial charge in [0.1, 0.15) is 24.0 Å². The summed E-state index contributed by atoms with van der Waals surface area (Å²) in [4.78, 5) is 9.44. The number of nitriles is 3. The number of amidine groups is 1. The molecule has 258 valence electrons. The zero-order valence-corrected chi connectivity index (χ0v) is 29.3. The highest BCUT2D eigenvalue weighted by Gasteiger charge is 2.29. The van der Waals surface area contributed by atoms with Crippen molar-refractivity contribution in [2.45, 2.75) is 6.04 Å². The first-order chi connectivity index (χ1) is 27.1. The van der Waals surface area contributed by atoms with E-state index in [2.05, 4.69) is 69.7 Å². The van der Waals surface area contributed by atoms with Gasteiger partial charge in [-0.1, -0.05) is 78.9 Å². The summed E-state index contributed by atoms with van der Waals surface area (Å²) in [5.74, 6) is 2.17. The zero-order chi connectivity index (χ0) is 37.3. The summed E-state index contributed by atoms with van der Waals surface area (Å²) in [6, 6.07) is 59.5. The van der Waals surface area contributed by atoms with Crippen LogP contribution >= 0.6 is 0 Å². The molecule has 2 heterocycles. The predicted molar refractivity (Wildman–Crippen MR) is 215 cm³/mol. The van der Waals surface area contributed by atoms with Crippen molar-refractivity contribution >= 4 is 45.6 Å². The van der Waals surface area contributed by atoms with E-state index in [0.29, 0.717) is 28.2 Å². The number of benzene rings is 7. The second-order valence-electron chi connectivity index (χ2n) is 13.0. The molecule has 0 amide bonds. The Kier molecular flexibility index (Phi) is 8.21. The topological polar surface area (TPSA) is 111 Å². The second-order valence-corrected chi connectivity index (χ2v) is 13.0. The largest absolute Gasteiger partial charge is 0.453 e. The Morgan fingerprint density at radius 3 is 1.76 bits per heavy atom. The van der Waals surface area contributed by atoms with Gasteiger partial charge >= 0.3 is 0 Å². The van der Waals surface area contributed by atoms with Crippen LogP contribution in [0, 0.1) is 34.0 Å². The molecule has 0 bridgehead atoms. The number of hydrogen-bond acceptors (Lipinski definition) is 8. The highest BCUT2D eigenvalue weighted by molar-refractivity contribution is 6.10. The Morgan fingerprint density at radius 1 is 0.545 bits per heavy atom. The monoisotopic (exact) mass is 707 g/mol. The molecule has 1 unspecified atom stereocenters. The Bertz CT molecular complexity index is 2710. The van der Waals surface area contributed by atoms with Crippen molar-refractivity contribution < 1.29 is 4.74 Å². The third kappa shape index (κ3) is 5.85. The number of nitrogens with zero attached hydrogens (tertiary/aromatic N) is 6. The molecule has 55 heavy (non-hydrogen) atoms. The molecule has 7 aromatic rings. The smallest absolute Gasteiger partial charge is 0.151 e. The van der Waals surface area contributed by atoms with Gasteiger partial charge < -0.3 is 19.9 Å². The number of anilines is 7. The molecule has 0 spiro atoms. The number of ether oxygens (including phenoxy) is 1. The average Bonchev–Trinajstić information content (AvgIpc) is 3.25. The predicted octanol–water partition coefficient (Wildman–Crippen LogP) is 11.3. The highest BCUT2D eigenvalue weighted by atomic mass is 16.5. The third-order valence-electron chi connectivity index (χ3n) is 9.81. The molecule has 2 aliphatic rings. The lowest BCUT2D eigenvalue weighted by atomic mass is 9.89. The molecule has 1 N–H and O–H groups in total. The van der Waals surface area contributed by atoms with Crippen LogP contribution in [0.4, 0.5) is 39.8 Å². The number of nitrogens with one attached hydrogen (secondary N) is 1. The molecule has 0 saturated carbocycles. The fraction of sp³-hybridized carbons (Fsp3) is 0.0213. The first-order valence-electron chi connectivity index (χ1n) is 17.7. The minimum Gasteiger partial charge on any atom is -0.453 e. The van der Waals surface area contributed by atoms with E-state index in [4.69, 9.17) is 9.73 Å². The molecule has 2 aliphatic heterocycles. The van der Waals surface area contributed by atoms with E-state index < -0.39 is 6.04 Å². The van der Waals surface area contributed by atoms with Gasteiger partial charge in [0.15, 0.2) is 11.5 Å². The fourth-order valence-corrected chi connectivity index (χ4v) is 7.25. The minimum atomic E-state index is -0.612. The van der Waals surface area contributed by atoms with E-state index >= 15 is 0 Å². The number of para-hydroxylation sites is 5. The maximum Gasteiger partial charge on any atom is 0.151 e. The molecular weight excluding hydrogens is 679 g/mol. The lowest BCUT2D eigenvalue weighted by Crippen LogP contribution is -2.23. The van der Waals surface area contributed by atoms with E-state index in [1.165, 1.54) is 0 Å². The van der Waals surface area contributed by atoms with Gasteiger partial charge in [0.2, 0.25) is 0 Å². The summed E-state index contributed by atoms with van der Waals surface area (Å²) in [6.07, 6.45) is 0. The van der Waals surface area contributed by atoms with Crippen molar-refractivity contribution in [2.24, 2.45) is 4.99 Å². The molecule has 0 fully saturated rings. The van der Waals surface area contributed by atoms with Crippen LogP contribution in [0.3, 0.4) is 0 Å². The summed E-state index contributed by atoms with van der Waals surface area (Å²) < 4.78 is 6.24. The van der Waals surface area contributed by atoms with E-state index in [1.54, 1.807) is 12.1 Å². The minimum absolute atomic E-state index is 0.254. The Labute approximate surface area is 318 Å². The lowest BCUT2D eigenvalue weighted by Gasteiger charge is -2.33. The molecule has 1 atom stereocenters. The van der Waals surface area contributed by atoms with Crippen LogP contribution in [-0.4, -0.2) is 5.84 Å². The number of hydrogen-bond donors (Lipinski definition) is 1. The van der Waals surface area contributed by atoms with E-state index in [0.717, 1.165) is 51.2 Å². The standard InChI is InChI=1S/C47H29N7O/c48-28-32-26-40-41(27-33(32)29-49)51-47(31-11-3-1-4-12-31)52-46(40)39-24-23-38(25-34(39)30-50)53(35-13-5-2-6-14-35)36-19-21-37(22-20-36)54-42-15-7-9-17-44(42)55-45-18-10-8-16-43(45)54/h1-27,46H,(H,51,52). The van der Waals surface area contributed by atoms with Crippen molar-refractivity contribution in [3.05, 3.63) is 197 Å². The van der Waals surface area contributed by atoms with Crippen LogP contribution < -0.4 is 19.9 Å². The van der Waals surface area contributed by atoms with E-state index in [-0.39, 0.29) is 11.1 Å². The molecule has 9 rings (SSSR count). The molecule has 0 aliphatic carbocycles. The first kappa shape index (κ1) is 32.8. The summed E-state index contributed by atoms with van der Waals surface area (Å²) in [7, 11) is 0. The van der Waals surface area contributed by atoms with Crippen LogP contribution in [-0.2, 0) is 0 Å². The van der Waals surface area contributed by atoms with Crippen LogP contribution in [0.1, 0.15) is 39.4 Å². The summed E-state index contributed by atoms with van der Waals surface area (Å²) in [6.45, 7) is 0. The maximum atomic E-state index is 10.7. The van der Waals surface area contributed by atoms with Crippen molar-refractivity contribution in [2.75, 3.05) is 15.1 Å². The Balaban J connectivity index is 1.14. The van der Waals surface area contributed by atoms with Crippen molar-refractivity contribution in [3.8, 4) is 29.7 Å². The van der Waals surface area contributed by atoms with Gasteiger partial charge in [-0.05, 0) is 90.5 Å². The van der Waals surface area contributed by atoms with E-state index in [1.807, 2.05) is 115 Å². The SMILES string of the molecule is N#Cc1cc2c(cc1C#N)C(c1ccc(N(c3ccccc3)c3ccc(N4c5ccccc5Oc5ccccc54)cc3)cc1C#N)N=C(c1ccccc1)N2. The molecule has 7 aromatic carbocycles. The fourth-order valence-electron chi connectivity index (χ4n) is 7.25. The molecule has 8 heteroatoms. The van der Waals surface area contributed by atoms with Gasteiger partial charge in [0.05, 0.1) is 34.1 Å². The normalized spacial score (nSPS) is 13.6. The second kappa shape index (κ2) is 13.8. The third-order valence-corrected chi connectivity index (χ3v) is 9.81. The summed E-state index contributed by atoms with van der Waals surface area (Å²) >= 11 is 0. The summed E-state index contributed by atoms with van der Waals surface area (Å²) in [5.41, 5.74) is 9.37. The number of aliphatic imine (C=N–C) groups is 1. The van der Waals surface area contributed by atoms with E-state index in [9.17, 15) is 15.8 Å². The molecule has 0 aromatic heterocycles. The van der Waals surface area contributed by atoms with Crippen LogP contribution in [0.15, 0.2) is 169 Å². The first-order valence-corrected chi connectivity index (χ1v) is 17.7. The van der Waals surface area contributed by atoms with Gasteiger partial charge in [0, 0.05) is 39.6 Å². The van der Waals surface area contributed by atoms with Crippen LogP contribution in [0.2, 0.25) is 0 Å². The molecular formula is C47H29N7O. The van der Waals surface area contributed by atoms with Crippen molar-refractivity contribution in [1.82, 2.24) is 0 Å². The van der Waals surface area contributed by atoms with Gasteiger partial charge in [-0.15, -0.1) is 0 Å². The van der Waals surface area contributed by atoms with Gasteiger partial charge in [-0.25, -0.2) is 0 Å². The number of fused-ring (bicyclic) bond motifs is 3. The molecule has 0 radical (unpaired) electrons. The van der Waals surface area contributed by atoms with Gasteiger partial charge in [0.25, 0.3) is 0 Å². The molecule has 8 nitrogen and oxygen atoms in total. The zero-order valence-electron chi connectivity index (χ0n) is 29.3. The highest BCUT2D eigenvalue weighted by Crippen LogP contribution is 2.50. The molecule has 0 saturated heterocycles. The van der Waals surface area contributed by atoms with Crippen molar-refractivity contribution in [1.29, 1.82) is 15.8 Å². The average molecular weight is 708 g/mol. The van der Waals surface area contributed by atoms with Gasteiger partial charge in [-0.3, -0.25) is 4.99 Å². The van der Waals surface area contributed by atoms with Crippen molar-refractivity contribution in [3.63, 3.8) is 0 Å². The van der Waals surface area contributed by atoms with Crippen LogP contribution in [0.5, 0.6) is 11.5 Å². The van der Waals surface area contributed by atoms with Gasteiger partial charge in [-0.2, -0.15) is 15.8 Å². The Morgan fingerprint density at radius 2 is 1.11 bits per heavy atom. The Hall–Kier alpha value is -8.12. The maximum absolute atomic E-state index is 10.7.